The van der Waals surface area contributed by atoms with Crippen LogP contribution in [0.15, 0.2) is 29.3 Å². The summed E-state index contributed by atoms with van der Waals surface area (Å²) in [6.45, 7) is 6.08. The zero-order chi connectivity index (χ0) is 22.3. The summed E-state index contributed by atoms with van der Waals surface area (Å²) in [6, 6.07) is 6.76. The largest absolute Gasteiger partial charge is 0.365 e. The number of nitrogens with one attached hydrogen (secondary N) is 1. The van der Waals surface area contributed by atoms with Gasteiger partial charge in [0.25, 0.3) is 5.91 Å². The molecule has 1 aromatic carbocycles. The second kappa shape index (κ2) is 8.24. The Morgan fingerprint density at radius 2 is 1.94 bits per heavy atom. The van der Waals surface area contributed by atoms with Crippen LogP contribution in [0.1, 0.15) is 57.4 Å². The Morgan fingerprint density at radius 1 is 1.23 bits per heavy atom. The number of aryl methyl sites for hydroxylation is 1. The van der Waals surface area contributed by atoms with Crippen LogP contribution in [-0.2, 0) is 4.79 Å². The van der Waals surface area contributed by atoms with Crippen molar-refractivity contribution < 1.29 is 9.59 Å². The van der Waals surface area contributed by atoms with Gasteiger partial charge in [-0.15, -0.1) is 21.5 Å². The number of carbonyl (C=O) groups is 2. The van der Waals surface area contributed by atoms with E-state index in [0.29, 0.717) is 33.8 Å². The van der Waals surface area contributed by atoms with Crippen LogP contribution in [0.25, 0.3) is 5.00 Å². The Bertz CT molecular complexity index is 1210. The molecule has 3 aromatic rings. The molecule has 1 aliphatic rings. The van der Waals surface area contributed by atoms with Crippen molar-refractivity contribution in [3.63, 3.8) is 0 Å². The fourth-order valence-electron chi connectivity index (χ4n) is 3.70. The minimum atomic E-state index is -0.547. The van der Waals surface area contributed by atoms with Crippen molar-refractivity contribution in [2.45, 2.75) is 33.2 Å². The SMILES string of the molecule is CCNC(=O)C[C@H]1N=C(c2ccc(Cl)cc2)c2c(sc(C(N)=O)c2C)-n2c(C)nnc21. The molecule has 0 bridgehead atoms. The van der Waals surface area contributed by atoms with E-state index >= 15 is 0 Å². The first-order valence-electron chi connectivity index (χ1n) is 9.78. The Kier molecular flexibility index (Phi) is 5.63. The van der Waals surface area contributed by atoms with Crippen molar-refractivity contribution in [2.75, 3.05) is 6.54 Å². The third-order valence-electron chi connectivity index (χ3n) is 5.10. The predicted octanol–water partition coefficient (Wildman–Crippen LogP) is 3.12. The van der Waals surface area contributed by atoms with E-state index in [-0.39, 0.29) is 12.3 Å². The number of nitrogens with zero attached hydrogens (tertiary/aromatic N) is 4. The Morgan fingerprint density at radius 3 is 2.58 bits per heavy atom. The lowest BCUT2D eigenvalue weighted by molar-refractivity contribution is -0.121. The van der Waals surface area contributed by atoms with Gasteiger partial charge in [-0.05, 0) is 38.5 Å². The van der Waals surface area contributed by atoms with Crippen molar-refractivity contribution in [3.8, 4) is 5.00 Å². The normalized spacial score (nSPS) is 15.0. The minimum absolute atomic E-state index is 0.125. The van der Waals surface area contributed by atoms with Crippen molar-refractivity contribution in [1.82, 2.24) is 20.1 Å². The maximum Gasteiger partial charge on any atom is 0.259 e. The fraction of sp³-hybridized carbons (Fsp3) is 0.286. The van der Waals surface area contributed by atoms with E-state index in [1.807, 2.05) is 37.5 Å². The lowest BCUT2D eigenvalue weighted by Gasteiger charge is -2.12. The highest BCUT2D eigenvalue weighted by molar-refractivity contribution is 7.17. The second-order valence-electron chi connectivity index (χ2n) is 7.20. The van der Waals surface area contributed by atoms with Crippen LogP contribution in [0.5, 0.6) is 0 Å². The average molecular weight is 457 g/mol. The summed E-state index contributed by atoms with van der Waals surface area (Å²) in [5.41, 5.74) is 8.65. The first kappa shape index (κ1) is 21.2. The smallest absolute Gasteiger partial charge is 0.259 e. The van der Waals surface area contributed by atoms with E-state index in [1.54, 1.807) is 12.1 Å². The minimum Gasteiger partial charge on any atom is -0.365 e. The standard InChI is InChI=1S/C21H21ClN6O2S/c1-4-24-15(29)9-14-20-27-26-11(3)28(20)21-16(10(2)18(31-21)19(23)30)17(25-14)12-5-7-13(22)8-6-12/h5-8,14H,4,9H2,1-3H3,(H2,23,30)(H,24,29)/t14-/m1/s1. The van der Waals surface area contributed by atoms with Crippen molar-refractivity contribution in [2.24, 2.45) is 10.7 Å². The maximum atomic E-state index is 12.4. The molecule has 3 heterocycles. The summed E-state index contributed by atoms with van der Waals surface area (Å²) in [5, 5.41) is 12.7. The van der Waals surface area contributed by atoms with Crippen molar-refractivity contribution >= 4 is 40.5 Å². The first-order chi connectivity index (χ1) is 14.8. The van der Waals surface area contributed by atoms with Gasteiger partial charge in [-0.1, -0.05) is 23.7 Å². The lowest BCUT2D eigenvalue weighted by atomic mass is 9.99. The van der Waals surface area contributed by atoms with Gasteiger partial charge in [-0.3, -0.25) is 19.1 Å². The molecule has 0 spiro atoms. The Balaban J connectivity index is 2.00. The number of hydrogen-bond donors (Lipinski definition) is 2. The molecule has 2 aromatic heterocycles. The van der Waals surface area contributed by atoms with Gasteiger partial charge in [0.05, 0.1) is 17.0 Å². The summed E-state index contributed by atoms with van der Waals surface area (Å²) in [4.78, 5) is 30.0. The number of primary amides is 1. The molecule has 2 amide bonds. The topological polar surface area (TPSA) is 115 Å². The number of carbonyl (C=O) groups excluding carboxylic acids is 2. The molecule has 0 unspecified atom stereocenters. The number of rotatable bonds is 5. The van der Waals surface area contributed by atoms with Crippen LogP contribution in [0.2, 0.25) is 5.02 Å². The highest BCUT2D eigenvalue weighted by atomic mass is 35.5. The first-order valence-corrected chi connectivity index (χ1v) is 11.0. The number of fused-ring (bicyclic) bond motifs is 3. The molecule has 0 fully saturated rings. The quantitative estimate of drug-likeness (QED) is 0.613. The highest BCUT2D eigenvalue weighted by Gasteiger charge is 2.33. The molecule has 0 saturated heterocycles. The van der Waals surface area contributed by atoms with Gasteiger partial charge in [-0.25, -0.2) is 0 Å². The molecule has 31 heavy (non-hydrogen) atoms. The summed E-state index contributed by atoms with van der Waals surface area (Å²) in [6.07, 6.45) is 0.125. The molecular formula is C21H21ClN6O2S. The third-order valence-corrected chi connectivity index (χ3v) is 6.64. The van der Waals surface area contributed by atoms with Gasteiger partial charge >= 0.3 is 0 Å². The van der Waals surface area contributed by atoms with E-state index < -0.39 is 11.9 Å². The number of halogens is 1. The summed E-state index contributed by atoms with van der Waals surface area (Å²) >= 11 is 7.37. The summed E-state index contributed by atoms with van der Waals surface area (Å²) < 4.78 is 1.87. The fourth-order valence-corrected chi connectivity index (χ4v) is 5.05. The second-order valence-corrected chi connectivity index (χ2v) is 8.63. The molecule has 4 rings (SSSR count). The molecule has 0 saturated carbocycles. The number of thiophene rings is 1. The number of amides is 2. The molecule has 3 N–H and O–H groups in total. The van der Waals surface area contributed by atoms with Crippen LogP contribution in [0.4, 0.5) is 0 Å². The van der Waals surface area contributed by atoms with Gasteiger partial charge in [-0.2, -0.15) is 0 Å². The monoisotopic (exact) mass is 456 g/mol. The van der Waals surface area contributed by atoms with Gasteiger partial charge < -0.3 is 11.1 Å². The zero-order valence-corrected chi connectivity index (χ0v) is 18.8. The molecule has 0 radical (unpaired) electrons. The number of nitrogens with two attached hydrogens (primary N) is 1. The number of aromatic nitrogens is 3. The van der Waals surface area contributed by atoms with Gasteiger partial charge in [0.15, 0.2) is 5.82 Å². The molecule has 1 atom stereocenters. The molecular weight excluding hydrogens is 436 g/mol. The highest BCUT2D eigenvalue weighted by Crippen LogP contribution is 2.39. The van der Waals surface area contributed by atoms with E-state index in [0.717, 1.165) is 21.7 Å². The number of aliphatic imine (C=N–C) groups is 1. The van der Waals surface area contributed by atoms with E-state index in [2.05, 4.69) is 15.5 Å². The maximum absolute atomic E-state index is 12.4. The van der Waals surface area contributed by atoms with Gasteiger partial charge in [0.1, 0.15) is 16.9 Å². The number of hydrogen-bond acceptors (Lipinski definition) is 6. The van der Waals surface area contributed by atoms with Crippen LogP contribution >= 0.6 is 22.9 Å². The van der Waals surface area contributed by atoms with E-state index in [9.17, 15) is 9.59 Å². The molecule has 1 aliphatic heterocycles. The van der Waals surface area contributed by atoms with E-state index in [4.69, 9.17) is 22.3 Å². The molecule has 8 nitrogen and oxygen atoms in total. The van der Waals surface area contributed by atoms with Gasteiger partial charge in [0.2, 0.25) is 5.91 Å². The van der Waals surface area contributed by atoms with Crippen LogP contribution in [0.3, 0.4) is 0 Å². The number of benzene rings is 1. The average Bonchev–Trinajstić information content (AvgIpc) is 3.22. The lowest BCUT2D eigenvalue weighted by Crippen LogP contribution is -2.25. The van der Waals surface area contributed by atoms with Crippen molar-refractivity contribution in [1.29, 1.82) is 0 Å². The molecule has 0 aliphatic carbocycles. The predicted molar refractivity (Wildman–Crippen MR) is 120 cm³/mol. The zero-order valence-electron chi connectivity index (χ0n) is 17.3. The van der Waals surface area contributed by atoms with Crippen molar-refractivity contribution in [3.05, 3.63) is 62.5 Å². The third kappa shape index (κ3) is 3.75. The molecule has 160 valence electrons. The van der Waals surface area contributed by atoms with Crippen LogP contribution in [-0.4, -0.2) is 38.8 Å². The van der Waals surface area contributed by atoms with Crippen LogP contribution < -0.4 is 11.1 Å². The Labute approximate surface area is 188 Å². The van der Waals surface area contributed by atoms with E-state index in [1.165, 1.54) is 11.3 Å². The Hall–Kier alpha value is -3.04. The summed E-state index contributed by atoms with van der Waals surface area (Å²) in [7, 11) is 0. The molecule has 10 heteroatoms. The summed E-state index contributed by atoms with van der Waals surface area (Å²) in [5.74, 6) is 0.559. The van der Waals surface area contributed by atoms with Crippen LogP contribution in [0, 0.1) is 13.8 Å². The van der Waals surface area contributed by atoms with Gasteiger partial charge in [0, 0.05) is 22.7 Å².